The number of carbonyl (C=O) groups is 1. The molecule has 0 radical (unpaired) electrons. The van der Waals surface area contributed by atoms with Crippen molar-refractivity contribution in [3.8, 4) is 22.5 Å². The van der Waals surface area contributed by atoms with Crippen LogP contribution in [0.25, 0.3) is 28.6 Å². The molecule has 2 unspecified atom stereocenters. The molecule has 0 aliphatic rings. The van der Waals surface area contributed by atoms with E-state index in [1.54, 1.807) is 0 Å². The molecule has 8 heteroatoms. The van der Waals surface area contributed by atoms with Gasteiger partial charge >= 0.3 is 5.97 Å². The Morgan fingerprint density at radius 1 is 0.914 bits per heavy atom. The molecule has 0 fully saturated rings. The fourth-order valence-corrected chi connectivity index (χ4v) is 3.82. The van der Waals surface area contributed by atoms with Crippen LogP contribution in [-0.4, -0.2) is 43.7 Å². The second kappa shape index (κ2) is 11.8. The minimum Gasteiger partial charge on any atom is -0.479 e. The number of hydrogen-bond acceptors (Lipinski definition) is 5. The summed E-state index contributed by atoms with van der Waals surface area (Å²) in [6.07, 6.45) is -1.91. The second-order valence-corrected chi connectivity index (χ2v) is 8.58. The van der Waals surface area contributed by atoms with E-state index in [9.17, 15) is 19.4 Å². The Balaban J connectivity index is 2.08. The van der Waals surface area contributed by atoms with Crippen LogP contribution in [0, 0.1) is 5.82 Å². The SMILES string of the molecule is CC(C)c1c(-c2ccccc2)nnc(-c2ccc(F)cc2)c1C=C(F)C(O)CCCC(O)C(=O)O. The number of benzene rings is 2. The summed E-state index contributed by atoms with van der Waals surface area (Å²) in [6.45, 7) is 3.88. The van der Waals surface area contributed by atoms with Crippen LogP contribution in [0.3, 0.4) is 0 Å². The minimum atomic E-state index is -1.57. The molecule has 0 saturated heterocycles. The van der Waals surface area contributed by atoms with Gasteiger partial charge in [-0.2, -0.15) is 0 Å². The molecule has 3 rings (SSSR count). The minimum absolute atomic E-state index is 0.0698. The van der Waals surface area contributed by atoms with Crippen molar-refractivity contribution in [2.75, 3.05) is 0 Å². The van der Waals surface area contributed by atoms with Crippen LogP contribution in [0.1, 0.15) is 50.2 Å². The van der Waals surface area contributed by atoms with Crippen LogP contribution in [0.2, 0.25) is 0 Å². The highest BCUT2D eigenvalue weighted by Gasteiger charge is 2.22. The highest BCUT2D eigenvalue weighted by molar-refractivity contribution is 5.79. The standard InChI is InChI=1S/C27H28F2N2O4/c1-16(2)24-20(15-21(29)22(32)9-6-10-23(33)27(34)35)25(18-11-13-19(28)14-12-18)30-31-26(24)17-7-4-3-5-8-17/h3-5,7-8,11-16,22-23,32-33H,6,9-10H2,1-2H3,(H,34,35). The fraction of sp³-hybridized carbons (Fsp3) is 0.296. The summed E-state index contributed by atoms with van der Waals surface area (Å²) >= 11 is 0. The van der Waals surface area contributed by atoms with E-state index >= 15 is 4.39 Å². The van der Waals surface area contributed by atoms with Gasteiger partial charge in [-0.25, -0.2) is 13.6 Å². The number of aliphatic hydroxyl groups is 2. The van der Waals surface area contributed by atoms with Crippen LogP contribution in [-0.2, 0) is 4.79 Å². The first kappa shape index (κ1) is 26.1. The van der Waals surface area contributed by atoms with E-state index in [1.807, 2.05) is 44.2 Å². The molecule has 0 spiro atoms. The molecule has 35 heavy (non-hydrogen) atoms. The highest BCUT2D eigenvalue weighted by Crippen LogP contribution is 2.36. The zero-order valence-electron chi connectivity index (χ0n) is 19.5. The number of carboxylic acids is 1. The monoisotopic (exact) mass is 482 g/mol. The summed E-state index contributed by atoms with van der Waals surface area (Å²) < 4.78 is 28.8. The number of carboxylic acid groups (broad SMARTS) is 1. The van der Waals surface area contributed by atoms with Crippen LogP contribution in [0.5, 0.6) is 0 Å². The van der Waals surface area contributed by atoms with Gasteiger partial charge in [-0.3, -0.25) is 0 Å². The van der Waals surface area contributed by atoms with Crippen LogP contribution < -0.4 is 0 Å². The first-order valence-corrected chi connectivity index (χ1v) is 11.4. The van der Waals surface area contributed by atoms with Gasteiger partial charge in [0.1, 0.15) is 23.4 Å². The van der Waals surface area contributed by atoms with Gasteiger partial charge in [0.05, 0.1) is 5.69 Å². The molecule has 0 saturated carbocycles. The third-order valence-electron chi connectivity index (χ3n) is 5.63. The Morgan fingerprint density at radius 3 is 2.09 bits per heavy atom. The van der Waals surface area contributed by atoms with E-state index < -0.39 is 29.8 Å². The first-order chi connectivity index (χ1) is 16.7. The molecule has 0 bridgehead atoms. The van der Waals surface area contributed by atoms with E-state index in [0.717, 1.165) is 5.56 Å². The molecule has 1 heterocycles. The predicted octanol–water partition coefficient (Wildman–Crippen LogP) is 5.36. The van der Waals surface area contributed by atoms with Crippen LogP contribution in [0.15, 0.2) is 60.4 Å². The first-order valence-electron chi connectivity index (χ1n) is 11.4. The summed E-state index contributed by atoms with van der Waals surface area (Å²) in [7, 11) is 0. The van der Waals surface area contributed by atoms with E-state index in [2.05, 4.69) is 10.2 Å². The summed E-state index contributed by atoms with van der Waals surface area (Å²) in [5.74, 6) is -2.71. The Hall–Kier alpha value is -3.49. The average molecular weight is 483 g/mol. The highest BCUT2D eigenvalue weighted by atomic mass is 19.1. The fourth-order valence-electron chi connectivity index (χ4n) is 3.82. The molecular formula is C27H28F2N2O4. The number of aliphatic carboxylic acids is 1. The smallest absolute Gasteiger partial charge is 0.332 e. The lowest BCUT2D eigenvalue weighted by atomic mass is 9.89. The van der Waals surface area contributed by atoms with Crippen molar-refractivity contribution in [2.24, 2.45) is 0 Å². The van der Waals surface area contributed by atoms with Gasteiger partial charge in [-0.15, -0.1) is 10.2 Å². The molecule has 1 aromatic heterocycles. The van der Waals surface area contributed by atoms with E-state index in [1.165, 1.54) is 30.3 Å². The van der Waals surface area contributed by atoms with Gasteiger partial charge in [-0.05, 0) is 61.1 Å². The molecule has 0 aliphatic carbocycles. The molecule has 6 nitrogen and oxygen atoms in total. The van der Waals surface area contributed by atoms with Crippen molar-refractivity contribution in [3.63, 3.8) is 0 Å². The van der Waals surface area contributed by atoms with Gasteiger partial charge in [0.2, 0.25) is 0 Å². The lowest BCUT2D eigenvalue weighted by Gasteiger charge is -2.19. The van der Waals surface area contributed by atoms with Crippen LogP contribution in [0.4, 0.5) is 8.78 Å². The lowest BCUT2D eigenvalue weighted by molar-refractivity contribution is -0.147. The molecule has 3 N–H and O–H groups in total. The zero-order valence-corrected chi connectivity index (χ0v) is 19.5. The summed E-state index contributed by atoms with van der Waals surface area (Å²) in [5.41, 5.74) is 3.39. The Kier molecular flexibility index (Phi) is 8.78. The van der Waals surface area contributed by atoms with Crippen LogP contribution >= 0.6 is 0 Å². The number of hydrogen-bond donors (Lipinski definition) is 3. The van der Waals surface area contributed by atoms with Crippen molar-refractivity contribution in [2.45, 2.75) is 51.2 Å². The lowest BCUT2D eigenvalue weighted by Crippen LogP contribution is -2.20. The van der Waals surface area contributed by atoms with Crippen molar-refractivity contribution in [1.82, 2.24) is 10.2 Å². The van der Waals surface area contributed by atoms with Crippen molar-refractivity contribution in [1.29, 1.82) is 0 Å². The van der Waals surface area contributed by atoms with Crippen molar-refractivity contribution in [3.05, 3.63) is 77.4 Å². The van der Waals surface area contributed by atoms with Gasteiger partial charge in [0.15, 0.2) is 6.10 Å². The number of aliphatic hydroxyl groups excluding tert-OH is 2. The van der Waals surface area contributed by atoms with Crippen molar-refractivity contribution < 1.29 is 28.9 Å². The molecule has 2 atom stereocenters. The predicted molar refractivity (Wildman–Crippen MR) is 130 cm³/mol. The number of rotatable bonds is 10. The Bertz CT molecular complexity index is 1180. The number of nitrogens with zero attached hydrogens (tertiary/aromatic N) is 2. The molecule has 3 aromatic rings. The van der Waals surface area contributed by atoms with Gasteiger partial charge in [0, 0.05) is 16.7 Å². The van der Waals surface area contributed by atoms with Gasteiger partial charge in [-0.1, -0.05) is 44.2 Å². The zero-order chi connectivity index (χ0) is 25.5. The Labute approximate surface area is 202 Å². The molecular weight excluding hydrogens is 454 g/mol. The summed E-state index contributed by atoms with van der Waals surface area (Å²) in [6, 6.07) is 15.0. The maximum absolute atomic E-state index is 15.2. The molecule has 0 amide bonds. The molecule has 0 aliphatic heterocycles. The summed E-state index contributed by atoms with van der Waals surface area (Å²) in [5, 5.41) is 37.3. The Morgan fingerprint density at radius 2 is 1.49 bits per heavy atom. The van der Waals surface area contributed by atoms with Crippen molar-refractivity contribution >= 4 is 12.0 Å². The maximum Gasteiger partial charge on any atom is 0.332 e. The summed E-state index contributed by atoms with van der Waals surface area (Å²) in [4.78, 5) is 10.8. The molecule has 2 aromatic carbocycles. The van der Waals surface area contributed by atoms with E-state index in [0.29, 0.717) is 28.1 Å². The number of aromatic nitrogens is 2. The average Bonchev–Trinajstić information content (AvgIpc) is 2.84. The second-order valence-electron chi connectivity index (χ2n) is 8.58. The quantitative estimate of drug-likeness (QED) is 0.359. The van der Waals surface area contributed by atoms with Gasteiger partial charge in [0.25, 0.3) is 0 Å². The molecule has 184 valence electrons. The maximum atomic E-state index is 15.2. The third-order valence-corrected chi connectivity index (χ3v) is 5.63. The van der Waals surface area contributed by atoms with E-state index in [4.69, 9.17) is 5.11 Å². The van der Waals surface area contributed by atoms with Gasteiger partial charge < -0.3 is 15.3 Å². The largest absolute Gasteiger partial charge is 0.479 e. The topological polar surface area (TPSA) is 104 Å². The number of halogens is 2. The normalized spacial score (nSPS) is 13.6. The van der Waals surface area contributed by atoms with E-state index in [-0.39, 0.29) is 25.2 Å². The third kappa shape index (κ3) is 6.55.